The molecule has 0 saturated heterocycles. The summed E-state index contributed by atoms with van der Waals surface area (Å²) in [6, 6.07) is 6.40. The number of rotatable bonds is 5. The van der Waals surface area contributed by atoms with Gasteiger partial charge in [0.15, 0.2) is 11.6 Å². The van der Waals surface area contributed by atoms with Crippen LogP contribution in [0.3, 0.4) is 0 Å². The molecule has 1 unspecified atom stereocenters. The van der Waals surface area contributed by atoms with Gasteiger partial charge in [-0.2, -0.15) is 4.98 Å². The molecule has 156 valence electrons. The summed E-state index contributed by atoms with van der Waals surface area (Å²) in [5, 5.41) is 8.54. The Labute approximate surface area is 178 Å². The Morgan fingerprint density at radius 2 is 1.94 bits per heavy atom. The van der Waals surface area contributed by atoms with E-state index in [-0.39, 0.29) is 11.9 Å². The summed E-state index contributed by atoms with van der Waals surface area (Å²) in [5.41, 5.74) is 1.69. The number of nitrogens with zero attached hydrogens (tertiary/aromatic N) is 8. The maximum atomic E-state index is 13.4. The Balaban J connectivity index is 1.48. The van der Waals surface area contributed by atoms with Gasteiger partial charge in [-0.25, -0.2) is 14.4 Å². The molecule has 1 fully saturated rings. The molecule has 4 aromatic rings. The van der Waals surface area contributed by atoms with Crippen molar-refractivity contribution in [1.82, 2.24) is 34.3 Å². The standard InChI is InChI=1S/C22H21FN8/c1-2-17-21-28-26-13-31(21)18-11-25-22(27-20(18)30(17)12-14-3-4-14)29-10-9-24-19(29)15-5-7-16(23)8-6-15/h5-11,13-14,17H,2-4,12H2,1H3. The molecule has 1 aromatic carbocycles. The summed E-state index contributed by atoms with van der Waals surface area (Å²) in [5.74, 6) is 3.43. The van der Waals surface area contributed by atoms with Gasteiger partial charge in [-0.15, -0.1) is 10.2 Å². The third-order valence-electron chi connectivity index (χ3n) is 6.01. The predicted octanol–water partition coefficient (Wildman–Crippen LogP) is 3.73. The van der Waals surface area contributed by atoms with Gasteiger partial charge in [0, 0.05) is 24.5 Å². The molecule has 1 saturated carbocycles. The van der Waals surface area contributed by atoms with E-state index < -0.39 is 0 Å². The maximum Gasteiger partial charge on any atom is 0.237 e. The van der Waals surface area contributed by atoms with E-state index in [1.807, 2.05) is 21.5 Å². The SMILES string of the molecule is CCC1c2nncn2-c2cnc(-n3ccnc3-c3ccc(F)cc3)nc2N1CC1CC1. The van der Waals surface area contributed by atoms with Gasteiger partial charge in [0.1, 0.15) is 23.7 Å². The number of imidazole rings is 1. The van der Waals surface area contributed by atoms with Crippen LogP contribution in [0.5, 0.6) is 0 Å². The number of anilines is 1. The summed E-state index contributed by atoms with van der Waals surface area (Å²) >= 11 is 0. The van der Waals surface area contributed by atoms with Crippen LogP contribution in [0.4, 0.5) is 10.2 Å². The zero-order valence-corrected chi connectivity index (χ0v) is 17.1. The van der Waals surface area contributed by atoms with E-state index in [9.17, 15) is 4.39 Å². The van der Waals surface area contributed by atoms with Gasteiger partial charge in [0.25, 0.3) is 0 Å². The molecule has 1 atom stereocenters. The molecular weight excluding hydrogens is 395 g/mol. The molecular formula is C22H21FN8. The zero-order chi connectivity index (χ0) is 20.9. The normalized spacial score (nSPS) is 17.5. The van der Waals surface area contributed by atoms with Crippen LogP contribution in [-0.4, -0.2) is 40.8 Å². The van der Waals surface area contributed by atoms with Gasteiger partial charge in [0.2, 0.25) is 5.95 Å². The molecule has 0 bridgehead atoms. The minimum atomic E-state index is -0.280. The highest BCUT2D eigenvalue weighted by Crippen LogP contribution is 2.41. The minimum Gasteiger partial charge on any atom is -0.344 e. The first-order valence-corrected chi connectivity index (χ1v) is 10.6. The van der Waals surface area contributed by atoms with Crippen molar-refractivity contribution in [3.05, 3.63) is 60.8 Å². The van der Waals surface area contributed by atoms with Crippen molar-refractivity contribution >= 4 is 5.82 Å². The smallest absolute Gasteiger partial charge is 0.237 e. The van der Waals surface area contributed by atoms with Crippen LogP contribution in [-0.2, 0) is 0 Å². The van der Waals surface area contributed by atoms with Crippen molar-refractivity contribution in [3.8, 4) is 23.0 Å². The van der Waals surface area contributed by atoms with Crippen molar-refractivity contribution in [2.45, 2.75) is 32.2 Å². The summed E-state index contributed by atoms with van der Waals surface area (Å²) in [6.45, 7) is 3.11. The summed E-state index contributed by atoms with van der Waals surface area (Å²) in [4.78, 5) is 16.4. The Hall–Kier alpha value is -3.62. The first kappa shape index (κ1) is 18.2. The van der Waals surface area contributed by atoms with E-state index in [0.29, 0.717) is 17.7 Å². The van der Waals surface area contributed by atoms with Gasteiger partial charge in [-0.3, -0.25) is 9.13 Å². The molecule has 0 spiro atoms. The highest BCUT2D eigenvalue weighted by atomic mass is 19.1. The highest BCUT2D eigenvalue weighted by molar-refractivity contribution is 5.63. The average Bonchev–Trinajstić information content (AvgIpc) is 3.25. The molecule has 1 aliphatic heterocycles. The van der Waals surface area contributed by atoms with Crippen molar-refractivity contribution in [3.63, 3.8) is 0 Å². The Bertz CT molecular complexity index is 1240. The van der Waals surface area contributed by atoms with Crippen LogP contribution in [0.25, 0.3) is 23.0 Å². The fraction of sp³-hybridized carbons (Fsp3) is 0.318. The molecule has 0 N–H and O–H groups in total. The van der Waals surface area contributed by atoms with Gasteiger partial charge in [0.05, 0.1) is 12.2 Å². The van der Waals surface area contributed by atoms with Gasteiger partial charge in [-0.05, 0) is 49.4 Å². The largest absolute Gasteiger partial charge is 0.344 e. The van der Waals surface area contributed by atoms with Crippen molar-refractivity contribution < 1.29 is 4.39 Å². The zero-order valence-electron chi connectivity index (χ0n) is 17.1. The number of fused-ring (bicyclic) bond motifs is 3. The van der Waals surface area contributed by atoms with Gasteiger partial charge in [-0.1, -0.05) is 6.92 Å². The molecule has 4 heterocycles. The van der Waals surface area contributed by atoms with Crippen LogP contribution in [0.15, 0.2) is 49.2 Å². The Kier molecular flexibility index (Phi) is 4.09. The first-order chi connectivity index (χ1) is 15.2. The molecule has 9 heteroatoms. The van der Waals surface area contributed by atoms with Crippen molar-refractivity contribution in [2.75, 3.05) is 11.4 Å². The third-order valence-corrected chi connectivity index (χ3v) is 6.01. The number of hydrogen-bond donors (Lipinski definition) is 0. The van der Waals surface area contributed by atoms with E-state index in [2.05, 4.69) is 32.0 Å². The Morgan fingerprint density at radius 1 is 1.10 bits per heavy atom. The molecule has 1 aliphatic carbocycles. The van der Waals surface area contributed by atoms with Crippen LogP contribution >= 0.6 is 0 Å². The highest BCUT2D eigenvalue weighted by Gasteiger charge is 2.37. The number of halogens is 1. The van der Waals surface area contributed by atoms with E-state index in [1.165, 1.54) is 25.0 Å². The lowest BCUT2D eigenvalue weighted by atomic mass is 10.1. The van der Waals surface area contributed by atoms with Crippen LogP contribution < -0.4 is 4.90 Å². The van der Waals surface area contributed by atoms with E-state index >= 15 is 0 Å². The van der Waals surface area contributed by atoms with Crippen molar-refractivity contribution in [2.24, 2.45) is 5.92 Å². The minimum absolute atomic E-state index is 0.123. The Morgan fingerprint density at radius 3 is 2.71 bits per heavy atom. The summed E-state index contributed by atoms with van der Waals surface area (Å²) in [7, 11) is 0. The lowest BCUT2D eigenvalue weighted by Gasteiger charge is -2.37. The summed E-state index contributed by atoms with van der Waals surface area (Å²) in [6.07, 6.45) is 10.5. The molecule has 8 nitrogen and oxygen atoms in total. The number of aromatic nitrogens is 7. The van der Waals surface area contributed by atoms with Gasteiger partial charge >= 0.3 is 0 Å². The molecule has 3 aromatic heterocycles. The van der Waals surface area contributed by atoms with E-state index in [1.54, 1.807) is 24.7 Å². The lowest BCUT2D eigenvalue weighted by molar-refractivity contribution is 0.522. The van der Waals surface area contributed by atoms with E-state index in [4.69, 9.17) is 4.98 Å². The average molecular weight is 416 g/mol. The van der Waals surface area contributed by atoms with Gasteiger partial charge < -0.3 is 4.90 Å². The number of benzene rings is 1. The maximum absolute atomic E-state index is 13.4. The second-order valence-electron chi connectivity index (χ2n) is 8.09. The van der Waals surface area contributed by atoms with Crippen LogP contribution in [0.1, 0.15) is 38.1 Å². The fourth-order valence-corrected chi connectivity index (χ4v) is 4.27. The second kappa shape index (κ2) is 6.97. The third kappa shape index (κ3) is 2.99. The summed E-state index contributed by atoms with van der Waals surface area (Å²) < 4.78 is 17.2. The monoisotopic (exact) mass is 416 g/mol. The van der Waals surface area contributed by atoms with Crippen LogP contribution in [0.2, 0.25) is 0 Å². The molecule has 0 radical (unpaired) electrons. The van der Waals surface area contributed by atoms with Crippen molar-refractivity contribution in [1.29, 1.82) is 0 Å². The lowest BCUT2D eigenvalue weighted by Crippen LogP contribution is -2.37. The topological polar surface area (TPSA) is 77.5 Å². The number of hydrogen-bond acceptors (Lipinski definition) is 6. The molecule has 2 aliphatic rings. The molecule has 0 amide bonds. The first-order valence-electron chi connectivity index (χ1n) is 10.6. The quantitative estimate of drug-likeness (QED) is 0.493. The second-order valence-corrected chi connectivity index (χ2v) is 8.09. The fourth-order valence-electron chi connectivity index (χ4n) is 4.27. The van der Waals surface area contributed by atoms with Crippen LogP contribution in [0, 0.1) is 11.7 Å². The predicted molar refractivity (Wildman–Crippen MR) is 113 cm³/mol. The van der Waals surface area contributed by atoms with E-state index in [0.717, 1.165) is 35.9 Å². The molecule has 6 rings (SSSR count). The molecule has 31 heavy (non-hydrogen) atoms.